The number of aliphatic hydroxyl groups is 2. The first-order chi connectivity index (χ1) is 20.1. The number of carbonyl (C=O) groups excluding carboxylic acids is 1. The van der Waals surface area contributed by atoms with Gasteiger partial charge in [-0.1, -0.05) is 127 Å². The summed E-state index contributed by atoms with van der Waals surface area (Å²) in [5.74, 6) is -0.130. The number of unbranched alkanes of at least 4 members (excludes halogenated alkanes) is 12. The fourth-order valence-corrected chi connectivity index (χ4v) is 4.97. The van der Waals surface area contributed by atoms with Crippen molar-refractivity contribution < 1.29 is 19.7 Å². The van der Waals surface area contributed by atoms with Crippen molar-refractivity contribution in [1.82, 2.24) is 5.32 Å². The predicted molar refractivity (Wildman–Crippen MR) is 174 cm³/mol. The average molecular weight is 574 g/mol. The molecule has 0 radical (unpaired) electrons. The van der Waals surface area contributed by atoms with E-state index < -0.39 is 12.1 Å². The highest BCUT2D eigenvalue weighted by molar-refractivity contribution is 5.76. The van der Waals surface area contributed by atoms with Crippen LogP contribution in [0.25, 0.3) is 0 Å². The Morgan fingerprint density at radius 1 is 0.732 bits per heavy atom. The van der Waals surface area contributed by atoms with Gasteiger partial charge in [0.25, 0.3) is 0 Å². The average Bonchev–Trinajstić information content (AvgIpc) is 3.72. The summed E-state index contributed by atoms with van der Waals surface area (Å²) in [6.45, 7) is 4.20. The summed E-state index contributed by atoms with van der Waals surface area (Å²) in [5, 5.41) is 22.8. The number of amides is 1. The zero-order valence-electron chi connectivity index (χ0n) is 26.5. The summed E-state index contributed by atoms with van der Waals surface area (Å²) in [6, 6.07) is -0.659. The van der Waals surface area contributed by atoms with E-state index in [9.17, 15) is 15.0 Å². The lowest BCUT2D eigenvalue weighted by atomic mass is 10.1. The maximum atomic E-state index is 12.3. The van der Waals surface area contributed by atoms with Crippen LogP contribution >= 0.6 is 0 Å². The smallest absolute Gasteiger partial charge is 0.220 e. The highest BCUT2D eigenvalue weighted by Gasteiger charge is 2.36. The van der Waals surface area contributed by atoms with Gasteiger partial charge >= 0.3 is 0 Å². The number of hydrogen-bond donors (Lipinski definition) is 3. The van der Waals surface area contributed by atoms with Gasteiger partial charge in [-0.3, -0.25) is 4.79 Å². The molecule has 3 N–H and O–H groups in total. The molecule has 1 amide bonds. The standard InChI is InChI=1S/C36H63NO4/c1-3-5-7-9-11-13-15-17-19-21-23-25-28-34-35(41-34)29-26-30-36(40)37-32(31-38)33(39)27-24-22-20-18-16-14-12-10-8-6-4-2/h11,13,17,19,23-25,27,32-35,38-39H,3-10,12,14-16,18,20-22,26,28-31H2,1-2H3,(H,37,40)/b13-11-,19-17-,25-23-,27-24+/t32-,33+,34?,35?/m0/s1. The molecule has 5 nitrogen and oxygen atoms in total. The highest BCUT2D eigenvalue weighted by atomic mass is 16.6. The van der Waals surface area contributed by atoms with Crippen LogP contribution in [0.1, 0.15) is 142 Å². The lowest BCUT2D eigenvalue weighted by Gasteiger charge is -2.19. The number of aliphatic hydroxyl groups excluding tert-OH is 2. The Hall–Kier alpha value is -1.69. The van der Waals surface area contributed by atoms with Crippen LogP contribution in [0.5, 0.6) is 0 Å². The third-order valence-corrected chi connectivity index (χ3v) is 7.73. The Kier molecular flexibility index (Phi) is 24.7. The third kappa shape index (κ3) is 22.6. The van der Waals surface area contributed by atoms with E-state index in [0.29, 0.717) is 6.42 Å². The van der Waals surface area contributed by atoms with Gasteiger partial charge < -0.3 is 20.3 Å². The SMILES string of the molecule is CCCCC/C=C\C/C=C\C/C=C\CC1OC1CCCC(=O)N[C@@H](CO)[C@H](O)/C=C/CCCCCCCCCCC. The van der Waals surface area contributed by atoms with Crippen LogP contribution in [0.3, 0.4) is 0 Å². The Morgan fingerprint density at radius 3 is 1.98 bits per heavy atom. The minimum absolute atomic E-state index is 0.130. The van der Waals surface area contributed by atoms with Crippen LogP contribution in [0.15, 0.2) is 48.6 Å². The van der Waals surface area contributed by atoms with E-state index in [2.05, 4.69) is 55.6 Å². The molecule has 5 heteroatoms. The number of ether oxygens (including phenoxy) is 1. The Labute approximate surface area is 252 Å². The van der Waals surface area contributed by atoms with E-state index in [0.717, 1.165) is 44.9 Å². The summed E-state index contributed by atoms with van der Waals surface area (Å²) >= 11 is 0. The van der Waals surface area contributed by atoms with Gasteiger partial charge in [-0.15, -0.1) is 0 Å². The summed E-state index contributed by atoms with van der Waals surface area (Å²) in [6.07, 6.45) is 39.2. The minimum atomic E-state index is -0.868. The number of epoxide rings is 1. The van der Waals surface area contributed by atoms with Gasteiger partial charge in [-0.2, -0.15) is 0 Å². The van der Waals surface area contributed by atoms with Gasteiger partial charge in [-0.05, 0) is 57.8 Å². The zero-order valence-corrected chi connectivity index (χ0v) is 26.5. The molecule has 236 valence electrons. The van der Waals surface area contributed by atoms with E-state index in [4.69, 9.17) is 4.74 Å². The van der Waals surface area contributed by atoms with Crippen LogP contribution < -0.4 is 5.32 Å². The molecule has 0 aliphatic carbocycles. The van der Waals surface area contributed by atoms with Gasteiger partial charge in [0.2, 0.25) is 5.91 Å². The van der Waals surface area contributed by atoms with Gasteiger partial charge in [0.1, 0.15) is 0 Å². The molecule has 2 unspecified atom stereocenters. The zero-order chi connectivity index (χ0) is 29.8. The molecule has 0 bridgehead atoms. The molecule has 1 saturated heterocycles. The molecule has 4 atom stereocenters. The molecule has 1 aliphatic heterocycles. The van der Waals surface area contributed by atoms with Crippen molar-refractivity contribution in [2.75, 3.05) is 6.61 Å². The van der Waals surface area contributed by atoms with Gasteiger partial charge in [0.05, 0.1) is 31.0 Å². The number of carbonyl (C=O) groups is 1. The Balaban J connectivity index is 2.04. The molecule has 0 aromatic heterocycles. The van der Waals surface area contributed by atoms with Crippen molar-refractivity contribution in [2.45, 2.75) is 167 Å². The number of hydrogen-bond acceptors (Lipinski definition) is 4. The second kappa shape index (κ2) is 27.2. The highest BCUT2D eigenvalue weighted by Crippen LogP contribution is 2.30. The molecule has 41 heavy (non-hydrogen) atoms. The van der Waals surface area contributed by atoms with Crippen LogP contribution in [0.4, 0.5) is 0 Å². The molecular weight excluding hydrogens is 510 g/mol. The molecule has 1 fully saturated rings. The quantitative estimate of drug-likeness (QED) is 0.0497. The molecule has 1 rings (SSSR count). The Morgan fingerprint density at radius 2 is 1.29 bits per heavy atom. The van der Waals surface area contributed by atoms with E-state index >= 15 is 0 Å². The second-order valence-electron chi connectivity index (χ2n) is 11.6. The van der Waals surface area contributed by atoms with Crippen LogP contribution in [0, 0.1) is 0 Å². The first-order valence-electron chi connectivity index (χ1n) is 17.0. The van der Waals surface area contributed by atoms with Crippen LogP contribution in [-0.4, -0.2) is 47.1 Å². The molecule has 0 spiro atoms. The van der Waals surface area contributed by atoms with Crippen molar-refractivity contribution in [3.63, 3.8) is 0 Å². The van der Waals surface area contributed by atoms with Crippen LogP contribution in [-0.2, 0) is 9.53 Å². The van der Waals surface area contributed by atoms with E-state index in [1.165, 1.54) is 77.0 Å². The Bertz CT molecular complexity index is 729. The summed E-state index contributed by atoms with van der Waals surface area (Å²) in [5.41, 5.74) is 0. The largest absolute Gasteiger partial charge is 0.394 e. The number of nitrogens with one attached hydrogen (secondary N) is 1. The van der Waals surface area contributed by atoms with Crippen molar-refractivity contribution in [3.05, 3.63) is 48.6 Å². The van der Waals surface area contributed by atoms with E-state index in [1.807, 2.05) is 6.08 Å². The molecule has 1 heterocycles. The third-order valence-electron chi connectivity index (χ3n) is 7.73. The van der Waals surface area contributed by atoms with Crippen molar-refractivity contribution in [2.24, 2.45) is 0 Å². The topological polar surface area (TPSA) is 82.1 Å². The predicted octanol–water partition coefficient (Wildman–Crippen LogP) is 8.66. The van der Waals surface area contributed by atoms with Crippen LogP contribution in [0.2, 0.25) is 0 Å². The first kappa shape index (κ1) is 37.3. The second-order valence-corrected chi connectivity index (χ2v) is 11.6. The number of rotatable bonds is 28. The van der Waals surface area contributed by atoms with E-state index in [-0.39, 0.29) is 24.7 Å². The molecule has 0 saturated carbocycles. The van der Waals surface area contributed by atoms with Gasteiger partial charge in [0, 0.05) is 6.42 Å². The lowest BCUT2D eigenvalue weighted by Crippen LogP contribution is -2.45. The first-order valence-corrected chi connectivity index (χ1v) is 17.0. The lowest BCUT2D eigenvalue weighted by molar-refractivity contribution is -0.123. The summed E-state index contributed by atoms with van der Waals surface area (Å²) in [7, 11) is 0. The fourth-order valence-electron chi connectivity index (χ4n) is 4.97. The van der Waals surface area contributed by atoms with Crippen molar-refractivity contribution in [3.8, 4) is 0 Å². The minimum Gasteiger partial charge on any atom is -0.394 e. The summed E-state index contributed by atoms with van der Waals surface area (Å²) in [4.78, 5) is 12.3. The molecule has 1 aliphatic rings. The van der Waals surface area contributed by atoms with Crippen molar-refractivity contribution in [1.29, 1.82) is 0 Å². The molecular formula is C36H63NO4. The summed E-state index contributed by atoms with van der Waals surface area (Å²) < 4.78 is 5.75. The molecule has 0 aromatic rings. The normalized spacial score (nSPS) is 18.7. The molecule has 0 aromatic carbocycles. The maximum absolute atomic E-state index is 12.3. The fraction of sp³-hybridized carbons (Fsp3) is 0.750. The number of allylic oxidation sites excluding steroid dienone is 6. The van der Waals surface area contributed by atoms with E-state index in [1.54, 1.807) is 6.08 Å². The monoisotopic (exact) mass is 573 g/mol. The van der Waals surface area contributed by atoms with Gasteiger partial charge in [-0.25, -0.2) is 0 Å². The van der Waals surface area contributed by atoms with Crippen molar-refractivity contribution >= 4 is 5.91 Å². The van der Waals surface area contributed by atoms with Gasteiger partial charge in [0.15, 0.2) is 0 Å². The maximum Gasteiger partial charge on any atom is 0.220 e.